The number of aryl methyl sites for hydroxylation is 1. The molecule has 0 aromatic heterocycles. The van der Waals surface area contributed by atoms with Gasteiger partial charge in [0.05, 0.1) is 17.7 Å². The molecule has 0 spiro atoms. The summed E-state index contributed by atoms with van der Waals surface area (Å²) in [5.74, 6) is -0.183. The molecule has 2 aromatic carbocycles. The van der Waals surface area contributed by atoms with Gasteiger partial charge in [0.25, 0.3) is 10.0 Å². The van der Waals surface area contributed by atoms with Crippen molar-refractivity contribution in [1.29, 1.82) is 0 Å². The molecule has 29 heavy (non-hydrogen) atoms. The largest absolute Gasteiger partial charge is 0.493 e. The highest BCUT2D eigenvalue weighted by atomic mass is 32.2. The van der Waals surface area contributed by atoms with Crippen LogP contribution in [0, 0.1) is 6.92 Å². The van der Waals surface area contributed by atoms with Crippen LogP contribution in [0.3, 0.4) is 0 Å². The Hall–Kier alpha value is -2.59. The zero-order valence-electron chi connectivity index (χ0n) is 16.1. The molecule has 1 aliphatic rings. The number of alkyl halides is 2. The number of nitrogens with one attached hydrogen (secondary N) is 2. The number of halogens is 2. The Kier molecular flexibility index (Phi) is 6.43. The lowest BCUT2D eigenvalue weighted by atomic mass is 10.1. The minimum atomic E-state index is -3.93. The van der Waals surface area contributed by atoms with Crippen molar-refractivity contribution in [3.63, 3.8) is 0 Å². The Labute approximate surface area is 168 Å². The maximum Gasteiger partial charge on any atom is 0.387 e. The molecule has 0 unspecified atom stereocenters. The number of benzene rings is 2. The van der Waals surface area contributed by atoms with Gasteiger partial charge < -0.3 is 19.7 Å². The summed E-state index contributed by atoms with van der Waals surface area (Å²) < 4.78 is 62.7. The molecule has 3 rings (SSSR count). The molecule has 0 radical (unpaired) electrons. The normalized spacial score (nSPS) is 14.7. The molecule has 1 heterocycles. The van der Waals surface area contributed by atoms with E-state index in [9.17, 15) is 17.2 Å². The summed E-state index contributed by atoms with van der Waals surface area (Å²) in [6.07, 6.45) is 0. The van der Waals surface area contributed by atoms with Crippen molar-refractivity contribution in [2.45, 2.75) is 18.4 Å². The molecule has 1 aliphatic heterocycles. The van der Waals surface area contributed by atoms with E-state index in [-0.39, 0.29) is 22.1 Å². The number of rotatable bonds is 7. The second-order valence-electron chi connectivity index (χ2n) is 6.53. The predicted molar refractivity (Wildman–Crippen MR) is 107 cm³/mol. The lowest BCUT2D eigenvalue weighted by Gasteiger charge is -2.31. The highest BCUT2D eigenvalue weighted by Gasteiger charge is 2.20. The molecule has 2 N–H and O–H groups in total. The maximum atomic E-state index is 12.9. The van der Waals surface area contributed by atoms with E-state index in [0.717, 1.165) is 43.5 Å². The van der Waals surface area contributed by atoms with Crippen molar-refractivity contribution < 1.29 is 26.7 Å². The number of anilines is 2. The Balaban J connectivity index is 1.88. The molecule has 0 saturated carbocycles. The molecule has 0 atom stereocenters. The summed E-state index contributed by atoms with van der Waals surface area (Å²) in [6, 6.07) is 8.84. The zero-order chi connectivity index (χ0) is 21.0. The number of hydrogen-bond donors (Lipinski definition) is 2. The number of ether oxygens (including phenoxy) is 2. The first kappa shape index (κ1) is 21.1. The van der Waals surface area contributed by atoms with Gasteiger partial charge in [-0.05, 0) is 36.8 Å². The Morgan fingerprint density at radius 3 is 2.48 bits per heavy atom. The van der Waals surface area contributed by atoms with Crippen LogP contribution in [0.25, 0.3) is 0 Å². The smallest absolute Gasteiger partial charge is 0.387 e. The SMILES string of the molecule is COc1ccc(NS(=O)(=O)c2ccc(C)c(N3CCNCC3)c2)cc1OC(F)F. The van der Waals surface area contributed by atoms with Crippen molar-refractivity contribution in [2.24, 2.45) is 0 Å². The van der Waals surface area contributed by atoms with Crippen LogP contribution in [0.4, 0.5) is 20.2 Å². The standard InChI is InChI=1S/C19H23F2N3O4S/c1-13-3-5-15(12-16(13)24-9-7-22-8-10-24)29(25,26)23-14-4-6-17(27-2)18(11-14)28-19(20)21/h3-6,11-12,19,22-23H,7-10H2,1-2H3. The van der Waals surface area contributed by atoms with Crippen molar-refractivity contribution in [1.82, 2.24) is 5.32 Å². The Bertz CT molecular complexity index is 964. The van der Waals surface area contributed by atoms with Gasteiger partial charge in [0.15, 0.2) is 11.5 Å². The molecular formula is C19H23F2N3O4S. The number of nitrogens with zero attached hydrogens (tertiary/aromatic N) is 1. The van der Waals surface area contributed by atoms with Gasteiger partial charge in [-0.15, -0.1) is 0 Å². The molecule has 1 fully saturated rings. The summed E-state index contributed by atoms with van der Waals surface area (Å²) in [7, 11) is -2.63. The van der Waals surface area contributed by atoms with Gasteiger partial charge in [0.2, 0.25) is 0 Å². The van der Waals surface area contributed by atoms with Gasteiger partial charge in [-0.25, -0.2) is 8.42 Å². The zero-order valence-corrected chi connectivity index (χ0v) is 16.9. The van der Waals surface area contributed by atoms with E-state index in [1.54, 1.807) is 12.1 Å². The van der Waals surface area contributed by atoms with E-state index in [4.69, 9.17) is 4.74 Å². The van der Waals surface area contributed by atoms with E-state index in [1.807, 2.05) is 6.92 Å². The number of hydrogen-bond acceptors (Lipinski definition) is 6. The van der Waals surface area contributed by atoms with Crippen molar-refractivity contribution in [3.05, 3.63) is 42.0 Å². The monoisotopic (exact) mass is 427 g/mol. The van der Waals surface area contributed by atoms with Gasteiger partial charge >= 0.3 is 6.61 Å². The first-order valence-corrected chi connectivity index (χ1v) is 10.5. The summed E-state index contributed by atoms with van der Waals surface area (Å²) in [6.45, 7) is 2.09. The number of methoxy groups -OCH3 is 1. The number of sulfonamides is 1. The lowest BCUT2D eigenvalue weighted by Crippen LogP contribution is -2.43. The fraction of sp³-hybridized carbons (Fsp3) is 0.368. The lowest BCUT2D eigenvalue weighted by molar-refractivity contribution is -0.0511. The third-order valence-electron chi connectivity index (χ3n) is 4.58. The van der Waals surface area contributed by atoms with Crippen molar-refractivity contribution in [3.8, 4) is 11.5 Å². The molecule has 0 amide bonds. The van der Waals surface area contributed by atoms with Crippen molar-refractivity contribution in [2.75, 3.05) is 42.9 Å². The average molecular weight is 427 g/mol. The van der Waals surface area contributed by atoms with Crippen LogP contribution in [0.1, 0.15) is 5.56 Å². The van der Waals surface area contributed by atoms with Crippen LogP contribution in [0.5, 0.6) is 11.5 Å². The quantitative estimate of drug-likeness (QED) is 0.708. The second kappa shape index (κ2) is 8.83. The minimum absolute atomic E-state index is 0.0737. The van der Waals surface area contributed by atoms with Crippen LogP contribution < -0.4 is 24.4 Å². The summed E-state index contributed by atoms with van der Waals surface area (Å²) in [5, 5.41) is 3.26. The third kappa shape index (κ3) is 5.07. The van der Waals surface area contributed by atoms with Gasteiger partial charge in [-0.1, -0.05) is 6.07 Å². The van der Waals surface area contributed by atoms with Gasteiger partial charge in [-0.3, -0.25) is 4.72 Å². The van der Waals surface area contributed by atoms with E-state index >= 15 is 0 Å². The molecule has 158 valence electrons. The van der Waals surface area contributed by atoms with E-state index < -0.39 is 16.6 Å². The van der Waals surface area contributed by atoms with Crippen LogP contribution >= 0.6 is 0 Å². The average Bonchev–Trinajstić information content (AvgIpc) is 2.68. The summed E-state index contributed by atoms with van der Waals surface area (Å²) in [5.41, 5.74) is 1.92. The highest BCUT2D eigenvalue weighted by Crippen LogP contribution is 2.33. The molecule has 0 bridgehead atoms. The molecule has 10 heteroatoms. The van der Waals surface area contributed by atoms with E-state index in [0.29, 0.717) is 0 Å². The first-order chi connectivity index (χ1) is 13.8. The fourth-order valence-corrected chi connectivity index (χ4v) is 4.21. The summed E-state index contributed by atoms with van der Waals surface area (Å²) >= 11 is 0. The van der Waals surface area contributed by atoms with Crippen LogP contribution in [-0.4, -0.2) is 48.3 Å². The van der Waals surface area contributed by atoms with Crippen LogP contribution in [-0.2, 0) is 10.0 Å². The molecule has 1 saturated heterocycles. The second-order valence-corrected chi connectivity index (χ2v) is 8.22. The molecule has 2 aromatic rings. The first-order valence-electron chi connectivity index (χ1n) is 9.02. The molecule has 0 aliphatic carbocycles. The predicted octanol–water partition coefficient (Wildman–Crippen LogP) is 2.82. The van der Waals surface area contributed by atoms with E-state index in [2.05, 4.69) is 19.7 Å². The van der Waals surface area contributed by atoms with Gasteiger partial charge in [-0.2, -0.15) is 8.78 Å². The highest BCUT2D eigenvalue weighted by molar-refractivity contribution is 7.92. The maximum absolute atomic E-state index is 12.9. The molecule has 7 nitrogen and oxygen atoms in total. The fourth-order valence-electron chi connectivity index (χ4n) is 3.15. The topological polar surface area (TPSA) is 79.9 Å². The van der Waals surface area contributed by atoms with Gasteiger partial charge in [0, 0.05) is 37.9 Å². The van der Waals surface area contributed by atoms with Crippen LogP contribution in [0.2, 0.25) is 0 Å². The third-order valence-corrected chi connectivity index (χ3v) is 5.96. The van der Waals surface area contributed by atoms with Crippen molar-refractivity contribution >= 4 is 21.4 Å². The van der Waals surface area contributed by atoms with Gasteiger partial charge in [0.1, 0.15) is 0 Å². The number of piperazine rings is 1. The Morgan fingerprint density at radius 2 is 1.83 bits per heavy atom. The van der Waals surface area contributed by atoms with E-state index in [1.165, 1.54) is 25.3 Å². The van der Waals surface area contributed by atoms with Crippen LogP contribution in [0.15, 0.2) is 41.3 Å². The molecular weight excluding hydrogens is 404 g/mol. The summed E-state index contributed by atoms with van der Waals surface area (Å²) in [4.78, 5) is 2.22. The Morgan fingerprint density at radius 1 is 1.10 bits per heavy atom. The minimum Gasteiger partial charge on any atom is -0.493 e.